The van der Waals surface area contributed by atoms with Crippen molar-refractivity contribution in [2.75, 3.05) is 48.6 Å². The van der Waals surface area contributed by atoms with Crippen molar-refractivity contribution in [3.8, 4) is 11.5 Å². The normalized spacial score (nSPS) is 15.1. The number of ether oxygens (including phenoxy) is 2. The third kappa shape index (κ3) is 9.52. The molecule has 2 fully saturated rings. The number of benzene rings is 4. The Balaban J connectivity index is 0.000000202. The predicted molar refractivity (Wildman–Crippen MR) is 254 cm³/mol. The zero-order valence-electron chi connectivity index (χ0n) is 37.1. The van der Waals surface area contributed by atoms with Gasteiger partial charge in [0.15, 0.2) is 11.5 Å². The summed E-state index contributed by atoms with van der Waals surface area (Å²) in [6, 6.07) is 29.0. The van der Waals surface area contributed by atoms with E-state index in [2.05, 4.69) is 21.3 Å². The molecule has 2 atom stereocenters. The highest BCUT2D eigenvalue weighted by Gasteiger charge is 2.39. The molecule has 338 valence electrons. The molecule has 0 bridgehead atoms. The van der Waals surface area contributed by atoms with Crippen molar-refractivity contribution in [2.45, 2.75) is 77.3 Å². The molecule has 65 heavy (non-hydrogen) atoms. The molecule has 6 aromatic rings. The van der Waals surface area contributed by atoms with Crippen LogP contribution in [0.4, 0.5) is 34.1 Å². The average molecular weight is 882 g/mol. The van der Waals surface area contributed by atoms with Crippen LogP contribution in [0.2, 0.25) is 0 Å². The van der Waals surface area contributed by atoms with Crippen molar-refractivity contribution in [2.24, 2.45) is 5.41 Å². The fourth-order valence-corrected chi connectivity index (χ4v) is 9.15. The number of methoxy groups -OCH3 is 2. The molecule has 0 aromatic heterocycles. The van der Waals surface area contributed by atoms with Crippen LogP contribution in [0.25, 0.3) is 0 Å². The Morgan fingerprint density at radius 2 is 1.00 bits per heavy atom. The Morgan fingerprint density at radius 3 is 1.42 bits per heavy atom. The molecule has 1 amide bonds. The quantitative estimate of drug-likeness (QED) is 0.0581. The molecule has 1 spiro atoms. The minimum atomic E-state index is -1.15. The van der Waals surface area contributed by atoms with Crippen LogP contribution in [0.5, 0.6) is 11.5 Å². The van der Waals surface area contributed by atoms with Gasteiger partial charge in [0.25, 0.3) is 27.6 Å². The van der Waals surface area contributed by atoms with Gasteiger partial charge in [-0.05, 0) is 79.3 Å². The van der Waals surface area contributed by atoms with Crippen molar-refractivity contribution in [3.05, 3.63) is 160 Å². The van der Waals surface area contributed by atoms with Crippen molar-refractivity contribution in [1.82, 2.24) is 4.90 Å². The maximum absolute atomic E-state index is 13.5. The lowest BCUT2D eigenvalue weighted by molar-refractivity contribution is 0.0583. The highest BCUT2D eigenvalue weighted by Crippen LogP contribution is 2.46. The molecule has 2 aliphatic rings. The van der Waals surface area contributed by atoms with Gasteiger partial charge in [-0.3, -0.25) is 24.0 Å². The zero-order chi connectivity index (χ0) is 46.3. The lowest BCUT2D eigenvalue weighted by Gasteiger charge is -2.39. The summed E-state index contributed by atoms with van der Waals surface area (Å²) >= 11 is 0. The number of likely N-dealkylation sites (tertiary alicyclic amines) is 1. The highest BCUT2D eigenvalue weighted by atomic mass is 16.5. The number of anilines is 6. The molecular formula is C51H55N5O9. The van der Waals surface area contributed by atoms with Crippen molar-refractivity contribution < 1.29 is 24.2 Å². The standard InChI is InChI=1S/C30H35N3O4.C21H20N2O5/c1-3-22(20-10-5-4-6-11-20)31-24-25(27(35)26(24)34)32-23-13-9-12-21(28(23)37-2)29(36)33-18-16-30(17-19-33)14-7-8-15-30;1-3-14(12-8-5-4-6-9-12)22-16-17(19(25)18(16)24)23-15-11-7-10-13(21(26)27)20(15)28-2/h4-6,9-13,22,31-32H,3,7-8,14-19H2,1-2H3;4-11,14,22-23H,3H2,1-2H3,(H,26,27)/t22-;14-/m11/s1. The summed E-state index contributed by atoms with van der Waals surface area (Å²) in [7, 11) is 2.86. The molecule has 14 heteroatoms. The largest absolute Gasteiger partial charge is 0.494 e. The summed E-state index contributed by atoms with van der Waals surface area (Å²) in [5.74, 6) is -0.752. The molecule has 6 aromatic carbocycles. The first kappa shape index (κ1) is 45.8. The number of nitrogens with zero attached hydrogens (tertiary/aromatic N) is 1. The van der Waals surface area contributed by atoms with Crippen molar-refractivity contribution >= 4 is 46.0 Å². The number of rotatable bonds is 16. The van der Waals surface area contributed by atoms with Gasteiger partial charge in [0.1, 0.15) is 28.3 Å². The van der Waals surface area contributed by atoms with Gasteiger partial charge in [-0.1, -0.05) is 99.5 Å². The van der Waals surface area contributed by atoms with Crippen molar-refractivity contribution in [3.63, 3.8) is 0 Å². The first-order valence-electron chi connectivity index (χ1n) is 22.1. The fourth-order valence-electron chi connectivity index (χ4n) is 9.15. The molecule has 1 saturated heterocycles. The van der Waals surface area contributed by atoms with Gasteiger partial charge < -0.3 is 40.7 Å². The van der Waals surface area contributed by atoms with Gasteiger partial charge in [0, 0.05) is 13.1 Å². The number of para-hydroxylation sites is 2. The summed E-state index contributed by atoms with van der Waals surface area (Å²) in [5, 5.41) is 21.6. The maximum atomic E-state index is 13.5. The molecule has 1 saturated carbocycles. The van der Waals surface area contributed by atoms with Crippen LogP contribution in [0.3, 0.4) is 0 Å². The topological polar surface area (TPSA) is 192 Å². The minimum absolute atomic E-state index is 0.0450. The number of hydrogen-bond acceptors (Lipinski definition) is 12. The minimum Gasteiger partial charge on any atom is -0.494 e. The van der Waals surface area contributed by atoms with E-state index in [-0.39, 0.29) is 52.1 Å². The number of hydrogen-bond donors (Lipinski definition) is 5. The number of carboxylic acids is 1. The van der Waals surface area contributed by atoms with E-state index in [0.29, 0.717) is 34.5 Å². The number of amides is 1. The van der Waals surface area contributed by atoms with E-state index in [1.807, 2.05) is 79.4 Å². The Hall–Kier alpha value is -7.22. The van der Waals surface area contributed by atoms with E-state index < -0.39 is 27.7 Å². The van der Waals surface area contributed by atoms with Crippen LogP contribution in [-0.2, 0) is 0 Å². The van der Waals surface area contributed by atoms with E-state index in [4.69, 9.17) is 9.47 Å². The van der Waals surface area contributed by atoms with Gasteiger partial charge in [0.2, 0.25) is 0 Å². The predicted octanol–water partition coefficient (Wildman–Crippen LogP) is 8.69. The smallest absolute Gasteiger partial charge is 0.339 e. The van der Waals surface area contributed by atoms with Gasteiger partial charge >= 0.3 is 5.97 Å². The van der Waals surface area contributed by atoms with E-state index in [1.165, 1.54) is 52.0 Å². The number of carbonyl (C=O) groups excluding carboxylic acids is 1. The highest BCUT2D eigenvalue weighted by molar-refractivity contribution is 5.99. The third-order valence-corrected chi connectivity index (χ3v) is 12.9. The second-order valence-corrected chi connectivity index (χ2v) is 16.7. The Labute approximate surface area is 377 Å². The first-order chi connectivity index (χ1) is 31.4. The number of carboxylic acid groups (broad SMARTS) is 1. The maximum Gasteiger partial charge on any atom is 0.339 e. The summed E-state index contributed by atoms with van der Waals surface area (Å²) in [5.41, 5.74) is 2.00. The number of aromatic carboxylic acids is 1. The summed E-state index contributed by atoms with van der Waals surface area (Å²) < 4.78 is 10.9. The van der Waals surface area contributed by atoms with E-state index in [0.717, 1.165) is 43.5 Å². The first-order valence-corrected chi connectivity index (χ1v) is 22.1. The van der Waals surface area contributed by atoms with E-state index in [9.17, 15) is 33.9 Å². The molecule has 1 heterocycles. The Kier molecular flexibility index (Phi) is 14.2. The van der Waals surface area contributed by atoms with Crippen LogP contribution < -0.4 is 52.5 Å². The summed E-state index contributed by atoms with van der Waals surface area (Å²) in [4.78, 5) is 76.1. The molecule has 0 unspecified atom stereocenters. The van der Waals surface area contributed by atoms with Crippen LogP contribution >= 0.6 is 0 Å². The number of piperidine rings is 1. The Bertz CT molecular complexity index is 2780. The van der Waals surface area contributed by atoms with Crippen LogP contribution in [0, 0.1) is 5.41 Å². The second kappa shape index (κ2) is 20.1. The van der Waals surface area contributed by atoms with E-state index in [1.54, 1.807) is 24.3 Å². The molecule has 14 nitrogen and oxygen atoms in total. The van der Waals surface area contributed by atoms with Crippen molar-refractivity contribution in [1.29, 1.82) is 0 Å². The van der Waals surface area contributed by atoms with Gasteiger partial charge in [0.05, 0.1) is 43.2 Å². The van der Waals surface area contributed by atoms with Gasteiger partial charge in [-0.2, -0.15) is 0 Å². The van der Waals surface area contributed by atoms with Gasteiger partial charge in [-0.25, -0.2) is 4.79 Å². The number of carbonyl (C=O) groups is 2. The van der Waals surface area contributed by atoms with Crippen LogP contribution in [-0.4, -0.2) is 49.2 Å². The molecule has 1 aliphatic carbocycles. The number of nitrogens with one attached hydrogen (secondary N) is 4. The summed E-state index contributed by atoms with van der Waals surface area (Å²) in [6.07, 6.45) is 8.71. The Morgan fingerprint density at radius 1 is 0.585 bits per heavy atom. The SMILES string of the molecule is CC[C@@H](Nc1c(Nc2cccc(C(=O)N3CCC4(CCCC4)CC3)c2OC)c(=O)c1=O)c1ccccc1.CC[C@@H](Nc1c(Nc2cccc(C(=O)O)c2OC)c(=O)c1=O)c1ccccc1. The molecular weight excluding hydrogens is 827 g/mol. The third-order valence-electron chi connectivity index (χ3n) is 12.9. The molecule has 8 rings (SSSR count). The van der Waals surface area contributed by atoms with Crippen LogP contribution in [0.1, 0.15) is 109 Å². The fraction of sp³-hybridized carbons (Fsp3) is 0.333. The average Bonchev–Trinajstić information content (AvgIpc) is 3.81. The van der Waals surface area contributed by atoms with Crippen LogP contribution in [0.15, 0.2) is 116 Å². The lowest BCUT2D eigenvalue weighted by atomic mass is 9.77. The summed E-state index contributed by atoms with van der Waals surface area (Å²) in [6.45, 7) is 5.51. The molecule has 0 radical (unpaired) electrons. The zero-order valence-corrected chi connectivity index (χ0v) is 37.1. The lowest BCUT2D eigenvalue weighted by Crippen LogP contribution is -2.42. The molecule has 1 aliphatic heterocycles. The molecule has 5 N–H and O–H groups in total. The van der Waals surface area contributed by atoms with Gasteiger partial charge in [-0.15, -0.1) is 0 Å². The van der Waals surface area contributed by atoms with E-state index >= 15 is 0 Å². The second-order valence-electron chi connectivity index (χ2n) is 16.7. The monoisotopic (exact) mass is 881 g/mol.